The zero-order chi connectivity index (χ0) is 24.0. The second-order valence-corrected chi connectivity index (χ2v) is 15.7. The first-order valence-corrected chi connectivity index (χ1v) is 15.0. The van der Waals surface area contributed by atoms with Crippen LogP contribution in [-0.2, 0) is 4.43 Å². The largest absolute Gasteiger partial charge is 0.493 e. The van der Waals surface area contributed by atoms with Crippen molar-refractivity contribution < 1.29 is 13.9 Å². The lowest BCUT2D eigenvalue weighted by atomic mass is 10.2. The van der Waals surface area contributed by atoms with E-state index in [1.807, 2.05) is 12.1 Å². The van der Waals surface area contributed by atoms with Crippen molar-refractivity contribution in [2.75, 3.05) is 13.7 Å². The maximum absolute atomic E-state index is 13.0. The lowest BCUT2D eigenvalue weighted by Gasteiger charge is -2.39. The third-order valence-corrected chi connectivity index (χ3v) is 11.9. The topological polar surface area (TPSA) is 67.0 Å². The average Bonchev–Trinajstić information content (AvgIpc) is 3.53. The molecule has 0 radical (unpaired) electrons. The molecule has 33 heavy (non-hydrogen) atoms. The Morgan fingerprint density at radius 2 is 1.91 bits per heavy atom. The van der Waals surface area contributed by atoms with Crippen molar-refractivity contribution in [1.82, 2.24) is 14.0 Å². The average molecular weight is 535 g/mol. The summed E-state index contributed by atoms with van der Waals surface area (Å²) in [4.78, 5) is 17.3. The zero-order valence-electron chi connectivity index (χ0n) is 20.1. The van der Waals surface area contributed by atoms with Gasteiger partial charge in [0.1, 0.15) is 18.6 Å². The van der Waals surface area contributed by atoms with Gasteiger partial charge in [0, 0.05) is 6.07 Å². The number of benzene rings is 1. The van der Waals surface area contributed by atoms with Crippen molar-refractivity contribution in [2.45, 2.75) is 57.8 Å². The van der Waals surface area contributed by atoms with Crippen molar-refractivity contribution in [2.24, 2.45) is 5.92 Å². The molecule has 3 aromatic rings. The van der Waals surface area contributed by atoms with Crippen LogP contribution in [0.3, 0.4) is 0 Å². The van der Waals surface area contributed by atoms with Gasteiger partial charge in [0.2, 0.25) is 0 Å². The molecule has 0 spiro atoms. The predicted molar refractivity (Wildman–Crippen MR) is 135 cm³/mol. The number of fused-ring (bicyclic) bond motifs is 1. The second kappa shape index (κ2) is 8.92. The summed E-state index contributed by atoms with van der Waals surface area (Å²) in [6.45, 7) is 11.8. The fourth-order valence-electron chi connectivity index (χ4n) is 3.53. The summed E-state index contributed by atoms with van der Waals surface area (Å²) in [6.07, 6.45) is 3.98. The van der Waals surface area contributed by atoms with Gasteiger partial charge in [0.15, 0.2) is 19.8 Å². The van der Waals surface area contributed by atoms with E-state index < -0.39 is 8.32 Å². The molecule has 7 nitrogen and oxygen atoms in total. The Kier molecular flexibility index (Phi) is 6.50. The smallest absolute Gasteiger partial charge is 0.340 e. The van der Waals surface area contributed by atoms with Gasteiger partial charge < -0.3 is 13.9 Å². The summed E-state index contributed by atoms with van der Waals surface area (Å²) < 4.78 is 22.1. The molecule has 178 valence electrons. The van der Waals surface area contributed by atoms with E-state index in [-0.39, 0.29) is 16.8 Å². The van der Waals surface area contributed by atoms with Gasteiger partial charge in [-0.05, 0) is 77.1 Å². The standard InChI is InChI=1S/C24H32BrN3O4Si/c1-24(2,3)33(5,6)32-20(16-7-8-16)14-31-18-10-9-17(13-19(18)30-4)27-15-26-22-12-11-21(25)28(22)23(27)29/h9-13,15-16,20H,7-8,14H2,1-6H3. The molecule has 0 saturated heterocycles. The summed E-state index contributed by atoms with van der Waals surface area (Å²) in [5.41, 5.74) is 1.02. The van der Waals surface area contributed by atoms with Crippen LogP contribution in [0.15, 0.2) is 46.1 Å². The second-order valence-electron chi connectivity index (χ2n) is 10.1. The fraction of sp³-hybridized carbons (Fsp3) is 0.500. The molecule has 0 amide bonds. The minimum absolute atomic E-state index is 0.0793. The number of aromatic nitrogens is 3. The van der Waals surface area contributed by atoms with Gasteiger partial charge in [0.05, 0.1) is 23.5 Å². The molecule has 1 aliphatic rings. The monoisotopic (exact) mass is 533 g/mol. The van der Waals surface area contributed by atoms with Crippen molar-refractivity contribution in [1.29, 1.82) is 0 Å². The van der Waals surface area contributed by atoms with E-state index in [9.17, 15) is 4.79 Å². The number of hydrogen-bond acceptors (Lipinski definition) is 5. The summed E-state index contributed by atoms with van der Waals surface area (Å²) in [5.74, 6) is 1.75. The first kappa shape index (κ1) is 24.0. The molecule has 0 aliphatic heterocycles. The maximum Gasteiger partial charge on any atom is 0.340 e. The summed E-state index contributed by atoms with van der Waals surface area (Å²) in [6, 6.07) is 9.06. The van der Waals surface area contributed by atoms with Crippen molar-refractivity contribution >= 4 is 29.9 Å². The number of methoxy groups -OCH3 is 1. The van der Waals surface area contributed by atoms with E-state index in [0.29, 0.717) is 40.0 Å². The first-order chi connectivity index (χ1) is 15.5. The molecular weight excluding hydrogens is 502 g/mol. The van der Waals surface area contributed by atoms with E-state index in [4.69, 9.17) is 13.9 Å². The van der Waals surface area contributed by atoms with Crippen LogP contribution in [0.1, 0.15) is 33.6 Å². The molecule has 9 heteroatoms. The van der Waals surface area contributed by atoms with Gasteiger partial charge in [0.25, 0.3) is 0 Å². The number of nitrogens with zero attached hydrogens (tertiary/aromatic N) is 3. The molecule has 1 aromatic carbocycles. The molecule has 0 bridgehead atoms. The Morgan fingerprint density at radius 1 is 1.18 bits per heavy atom. The highest BCUT2D eigenvalue weighted by molar-refractivity contribution is 9.10. The van der Waals surface area contributed by atoms with Crippen LogP contribution >= 0.6 is 15.9 Å². The molecule has 1 aliphatic carbocycles. The zero-order valence-corrected chi connectivity index (χ0v) is 22.7. The molecule has 1 unspecified atom stereocenters. The first-order valence-electron chi connectivity index (χ1n) is 11.3. The van der Waals surface area contributed by atoms with E-state index in [0.717, 1.165) is 0 Å². The highest BCUT2D eigenvalue weighted by Crippen LogP contribution is 2.42. The van der Waals surface area contributed by atoms with Crippen LogP contribution in [-0.4, -0.2) is 42.1 Å². The Balaban J connectivity index is 1.56. The highest BCUT2D eigenvalue weighted by Gasteiger charge is 2.43. The van der Waals surface area contributed by atoms with E-state index in [1.165, 1.54) is 28.1 Å². The third kappa shape index (κ3) is 4.90. The fourth-order valence-corrected chi connectivity index (χ4v) is 5.37. The van der Waals surface area contributed by atoms with Crippen molar-refractivity contribution in [3.63, 3.8) is 0 Å². The third-order valence-electron chi connectivity index (χ3n) is 6.74. The normalized spacial score (nSPS) is 15.6. The summed E-state index contributed by atoms with van der Waals surface area (Å²) in [7, 11) is -0.294. The summed E-state index contributed by atoms with van der Waals surface area (Å²) in [5, 5.41) is 0.149. The van der Waals surface area contributed by atoms with Crippen molar-refractivity contribution in [3.8, 4) is 17.2 Å². The molecule has 2 aromatic heterocycles. The maximum atomic E-state index is 13.0. The van der Waals surface area contributed by atoms with Gasteiger partial charge in [-0.3, -0.25) is 4.57 Å². The van der Waals surface area contributed by atoms with Crippen LogP contribution in [0.4, 0.5) is 0 Å². The number of hydrogen-bond donors (Lipinski definition) is 0. The van der Waals surface area contributed by atoms with Crippen LogP contribution < -0.4 is 15.2 Å². The lowest BCUT2D eigenvalue weighted by Crippen LogP contribution is -2.46. The number of halogens is 1. The molecular formula is C24H32BrN3O4Si. The number of ether oxygens (including phenoxy) is 2. The van der Waals surface area contributed by atoms with Gasteiger partial charge >= 0.3 is 5.69 Å². The van der Waals surface area contributed by atoms with Gasteiger partial charge in [-0.1, -0.05) is 20.8 Å². The Hall–Kier alpha value is -2.10. The SMILES string of the molecule is COc1cc(-n2cnc3ccc(Br)n3c2=O)ccc1OCC(O[Si](C)(C)C(C)(C)C)C1CC1. The molecule has 1 saturated carbocycles. The predicted octanol–water partition coefficient (Wildman–Crippen LogP) is 5.44. The molecule has 1 atom stereocenters. The van der Waals surface area contributed by atoms with Gasteiger partial charge in [-0.15, -0.1) is 0 Å². The van der Waals surface area contributed by atoms with E-state index in [2.05, 4.69) is 54.8 Å². The lowest BCUT2D eigenvalue weighted by molar-refractivity contribution is 0.0959. The number of rotatable bonds is 8. The Bertz CT molecular complexity index is 1210. The van der Waals surface area contributed by atoms with E-state index in [1.54, 1.807) is 25.3 Å². The van der Waals surface area contributed by atoms with Crippen LogP contribution in [0.5, 0.6) is 11.5 Å². The highest BCUT2D eigenvalue weighted by atomic mass is 79.9. The molecule has 4 rings (SSSR count). The van der Waals surface area contributed by atoms with Gasteiger partial charge in [-0.2, -0.15) is 0 Å². The molecule has 1 fully saturated rings. The summed E-state index contributed by atoms with van der Waals surface area (Å²) >= 11 is 3.40. The van der Waals surface area contributed by atoms with Crippen LogP contribution in [0.25, 0.3) is 11.3 Å². The van der Waals surface area contributed by atoms with Crippen LogP contribution in [0, 0.1) is 5.92 Å². The Labute approximate surface area is 204 Å². The van der Waals surface area contributed by atoms with Crippen LogP contribution in [0.2, 0.25) is 18.1 Å². The minimum Gasteiger partial charge on any atom is -0.493 e. The van der Waals surface area contributed by atoms with Crippen molar-refractivity contribution in [3.05, 3.63) is 51.7 Å². The van der Waals surface area contributed by atoms with Gasteiger partial charge in [-0.25, -0.2) is 14.2 Å². The molecule has 2 heterocycles. The quantitative estimate of drug-likeness (QED) is 0.361. The van der Waals surface area contributed by atoms with E-state index >= 15 is 0 Å². The Morgan fingerprint density at radius 3 is 2.55 bits per heavy atom. The minimum atomic E-state index is -1.89. The molecule has 0 N–H and O–H groups in total.